The van der Waals surface area contributed by atoms with Crippen LogP contribution < -0.4 is 0 Å². The van der Waals surface area contributed by atoms with Gasteiger partial charge in [0.15, 0.2) is 0 Å². The van der Waals surface area contributed by atoms with Crippen LogP contribution in [0.1, 0.15) is 42.5 Å². The molecule has 1 N–H and O–H groups in total. The summed E-state index contributed by atoms with van der Waals surface area (Å²) in [5.74, 6) is -0.959. The van der Waals surface area contributed by atoms with Crippen molar-refractivity contribution in [2.24, 2.45) is 0 Å². The quantitative estimate of drug-likeness (QED) is 0.848. The van der Waals surface area contributed by atoms with E-state index in [1.54, 1.807) is 17.8 Å². The van der Waals surface area contributed by atoms with E-state index in [0.717, 1.165) is 5.03 Å². The highest BCUT2D eigenvalue weighted by Gasteiger charge is 2.16. The molecule has 0 bridgehead atoms. The summed E-state index contributed by atoms with van der Waals surface area (Å²) in [4.78, 5) is 15.1. The molecule has 3 nitrogen and oxygen atoms in total. The highest BCUT2D eigenvalue weighted by Crippen LogP contribution is 2.33. The number of carboxylic acids is 1. The van der Waals surface area contributed by atoms with Gasteiger partial charge in [0.2, 0.25) is 0 Å². The van der Waals surface area contributed by atoms with Gasteiger partial charge in [0.05, 0.1) is 10.6 Å². The molecule has 0 radical (unpaired) electrons. The summed E-state index contributed by atoms with van der Waals surface area (Å²) in [5.41, 5.74) is 0.211. The standard InChI is InChI=1S/C12H14ClNO2S/c13-10-6-8(12(15)16)7-11(14-10)17-9-4-2-1-3-5-9/h6-7,9H,1-5H2,(H,15,16). The van der Waals surface area contributed by atoms with Crippen molar-refractivity contribution in [1.82, 2.24) is 4.98 Å². The van der Waals surface area contributed by atoms with Crippen LogP contribution in [0.4, 0.5) is 0 Å². The molecule has 0 aromatic carbocycles. The van der Waals surface area contributed by atoms with Crippen molar-refractivity contribution in [3.63, 3.8) is 0 Å². The Kier molecular flexibility index (Phi) is 4.29. The first-order valence-corrected chi connectivity index (χ1v) is 6.98. The largest absolute Gasteiger partial charge is 0.478 e. The van der Waals surface area contributed by atoms with E-state index < -0.39 is 5.97 Å². The van der Waals surface area contributed by atoms with Crippen molar-refractivity contribution in [2.45, 2.75) is 42.4 Å². The maximum absolute atomic E-state index is 10.9. The van der Waals surface area contributed by atoms with Crippen LogP contribution in [-0.4, -0.2) is 21.3 Å². The number of pyridine rings is 1. The molecule has 17 heavy (non-hydrogen) atoms. The number of hydrogen-bond acceptors (Lipinski definition) is 3. The number of aromatic nitrogens is 1. The summed E-state index contributed by atoms with van der Waals surface area (Å²) in [6.07, 6.45) is 6.18. The minimum atomic E-state index is -0.959. The smallest absolute Gasteiger partial charge is 0.335 e. The topological polar surface area (TPSA) is 50.2 Å². The molecule has 0 unspecified atom stereocenters. The Morgan fingerprint density at radius 2 is 2.06 bits per heavy atom. The molecule has 1 aromatic rings. The van der Waals surface area contributed by atoms with Gasteiger partial charge in [-0.1, -0.05) is 30.9 Å². The second-order valence-electron chi connectivity index (χ2n) is 4.20. The lowest BCUT2D eigenvalue weighted by Gasteiger charge is -2.20. The van der Waals surface area contributed by atoms with E-state index in [2.05, 4.69) is 4.98 Å². The molecule has 0 atom stereocenters. The van der Waals surface area contributed by atoms with Gasteiger partial charge in [0, 0.05) is 5.25 Å². The first kappa shape index (κ1) is 12.7. The van der Waals surface area contributed by atoms with Gasteiger partial charge in [-0.05, 0) is 25.0 Å². The van der Waals surface area contributed by atoms with Gasteiger partial charge in [-0.3, -0.25) is 0 Å². The normalized spacial score (nSPS) is 17.0. The fourth-order valence-electron chi connectivity index (χ4n) is 2.01. The van der Waals surface area contributed by atoms with E-state index in [4.69, 9.17) is 16.7 Å². The predicted molar refractivity (Wildman–Crippen MR) is 68.9 cm³/mol. The third kappa shape index (κ3) is 3.61. The number of thioether (sulfide) groups is 1. The molecule has 0 amide bonds. The molecule has 0 saturated heterocycles. The third-order valence-corrected chi connectivity index (χ3v) is 4.31. The fourth-order valence-corrected chi connectivity index (χ4v) is 3.53. The fraction of sp³-hybridized carbons (Fsp3) is 0.500. The van der Waals surface area contributed by atoms with Crippen LogP contribution in [0.2, 0.25) is 5.15 Å². The molecule has 0 aliphatic heterocycles. The van der Waals surface area contributed by atoms with Crippen molar-refractivity contribution in [3.8, 4) is 0 Å². The summed E-state index contributed by atoms with van der Waals surface area (Å²) in [6, 6.07) is 2.99. The van der Waals surface area contributed by atoms with E-state index in [0.29, 0.717) is 5.25 Å². The number of carbonyl (C=O) groups is 1. The van der Waals surface area contributed by atoms with E-state index in [1.165, 1.54) is 38.2 Å². The van der Waals surface area contributed by atoms with Crippen LogP contribution in [0.15, 0.2) is 17.2 Å². The Morgan fingerprint density at radius 3 is 2.71 bits per heavy atom. The number of halogens is 1. The maximum atomic E-state index is 10.9. The van der Waals surface area contributed by atoms with Gasteiger partial charge in [-0.15, -0.1) is 11.8 Å². The molecule has 5 heteroatoms. The Hall–Kier alpha value is -0.740. The van der Waals surface area contributed by atoms with Crippen LogP contribution in [0, 0.1) is 0 Å². The molecule has 1 heterocycles. The van der Waals surface area contributed by atoms with E-state index in [9.17, 15) is 4.79 Å². The van der Waals surface area contributed by atoms with Gasteiger partial charge in [-0.2, -0.15) is 0 Å². The zero-order valence-corrected chi connectivity index (χ0v) is 10.9. The third-order valence-electron chi connectivity index (χ3n) is 2.86. The first-order valence-electron chi connectivity index (χ1n) is 5.72. The minimum Gasteiger partial charge on any atom is -0.478 e. The zero-order chi connectivity index (χ0) is 12.3. The summed E-state index contributed by atoms with van der Waals surface area (Å²) in [5, 5.41) is 10.5. The molecular weight excluding hydrogens is 258 g/mol. The highest BCUT2D eigenvalue weighted by molar-refractivity contribution is 7.99. The Balaban J connectivity index is 2.11. The van der Waals surface area contributed by atoms with Crippen LogP contribution in [0.25, 0.3) is 0 Å². The second kappa shape index (κ2) is 5.74. The van der Waals surface area contributed by atoms with Crippen molar-refractivity contribution in [2.75, 3.05) is 0 Å². The zero-order valence-electron chi connectivity index (χ0n) is 9.36. The Labute approximate surface area is 110 Å². The number of rotatable bonds is 3. The highest BCUT2D eigenvalue weighted by atomic mass is 35.5. The summed E-state index contributed by atoms with van der Waals surface area (Å²) < 4.78 is 0. The predicted octanol–water partition coefficient (Wildman–Crippen LogP) is 3.86. The molecule has 1 aromatic heterocycles. The van der Waals surface area contributed by atoms with Crippen LogP contribution in [0.5, 0.6) is 0 Å². The molecule has 1 aliphatic rings. The van der Waals surface area contributed by atoms with Gasteiger partial charge in [0.1, 0.15) is 5.15 Å². The first-order chi connectivity index (χ1) is 8.15. The average Bonchev–Trinajstić information content (AvgIpc) is 2.29. The molecule has 2 rings (SSSR count). The van der Waals surface area contributed by atoms with Crippen molar-refractivity contribution in [1.29, 1.82) is 0 Å². The monoisotopic (exact) mass is 271 g/mol. The van der Waals surface area contributed by atoms with Crippen molar-refractivity contribution < 1.29 is 9.90 Å². The number of carboxylic acid groups (broad SMARTS) is 1. The molecular formula is C12H14ClNO2S. The molecule has 1 saturated carbocycles. The van der Waals surface area contributed by atoms with Gasteiger partial charge in [-0.25, -0.2) is 9.78 Å². The maximum Gasteiger partial charge on any atom is 0.335 e. The summed E-state index contributed by atoms with van der Waals surface area (Å²) in [7, 11) is 0. The summed E-state index contributed by atoms with van der Waals surface area (Å²) >= 11 is 7.48. The van der Waals surface area contributed by atoms with E-state index in [1.807, 2.05) is 0 Å². The lowest BCUT2D eigenvalue weighted by atomic mass is 10.0. The lowest BCUT2D eigenvalue weighted by molar-refractivity contribution is 0.0696. The second-order valence-corrected chi connectivity index (χ2v) is 5.91. The number of hydrogen-bond donors (Lipinski definition) is 1. The van der Waals surface area contributed by atoms with Gasteiger partial charge < -0.3 is 5.11 Å². The molecule has 0 spiro atoms. The Bertz CT molecular complexity index is 419. The molecule has 92 valence electrons. The van der Waals surface area contributed by atoms with Crippen LogP contribution in [-0.2, 0) is 0 Å². The number of aromatic carboxylic acids is 1. The van der Waals surface area contributed by atoms with E-state index >= 15 is 0 Å². The van der Waals surface area contributed by atoms with Crippen LogP contribution in [0.3, 0.4) is 0 Å². The lowest BCUT2D eigenvalue weighted by Crippen LogP contribution is -2.08. The minimum absolute atomic E-state index is 0.211. The van der Waals surface area contributed by atoms with Crippen molar-refractivity contribution >= 4 is 29.3 Å². The molecule has 1 aliphatic carbocycles. The van der Waals surface area contributed by atoms with Gasteiger partial charge >= 0.3 is 5.97 Å². The van der Waals surface area contributed by atoms with Crippen molar-refractivity contribution in [3.05, 3.63) is 22.8 Å². The Morgan fingerprint density at radius 1 is 1.35 bits per heavy atom. The summed E-state index contributed by atoms with van der Waals surface area (Å²) in [6.45, 7) is 0. The van der Waals surface area contributed by atoms with Crippen LogP contribution >= 0.6 is 23.4 Å². The number of nitrogens with zero attached hydrogens (tertiary/aromatic N) is 1. The SMILES string of the molecule is O=C(O)c1cc(Cl)nc(SC2CCCCC2)c1. The molecule has 1 fully saturated rings. The van der Waals surface area contributed by atoms with E-state index in [-0.39, 0.29) is 10.7 Å². The van der Waals surface area contributed by atoms with Gasteiger partial charge in [0.25, 0.3) is 0 Å². The average molecular weight is 272 g/mol.